The first kappa shape index (κ1) is 14.9. The van der Waals surface area contributed by atoms with Crippen molar-refractivity contribution < 1.29 is 17.9 Å². The van der Waals surface area contributed by atoms with Crippen LogP contribution in [0.2, 0.25) is 0 Å². The van der Waals surface area contributed by atoms with E-state index in [1.54, 1.807) is 0 Å². The van der Waals surface area contributed by atoms with Gasteiger partial charge in [0.05, 0.1) is 5.92 Å². The third kappa shape index (κ3) is 4.22. The lowest BCUT2D eigenvalue weighted by Crippen LogP contribution is -2.32. The normalized spacial score (nSPS) is 24.3. The quantitative estimate of drug-likeness (QED) is 0.700. The molecule has 0 spiro atoms. The van der Waals surface area contributed by atoms with E-state index < -0.39 is 12.1 Å². The minimum absolute atomic E-state index is 0.149. The molecule has 0 aromatic carbocycles. The summed E-state index contributed by atoms with van der Waals surface area (Å²) in [6, 6.07) is 3.73. The van der Waals surface area contributed by atoms with Crippen molar-refractivity contribution in [3.8, 4) is 5.88 Å². The van der Waals surface area contributed by atoms with Crippen LogP contribution in [0.5, 0.6) is 5.88 Å². The van der Waals surface area contributed by atoms with Crippen LogP contribution in [0, 0.1) is 16.4 Å². The first-order chi connectivity index (χ1) is 8.84. The van der Waals surface area contributed by atoms with Gasteiger partial charge in [0.15, 0.2) is 0 Å². The molecular formula is C13H15F3INO. The summed E-state index contributed by atoms with van der Waals surface area (Å²) in [4.78, 5) is 4.25. The van der Waals surface area contributed by atoms with Gasteiger partial charge in [-0.15, -0.1) is 0 Å². The summed E-state index contributed by atoms with van der Waals surface area (Å²) in [6.45, 7) is 1.87. The summed E-state index contributed by atoms with van der Waals surface area (Å²) in [5.41, 5.74) is 0.853. The van der Waals surface area contributed by atoms with Crippen molar-refractivity contribution in [1.82, 2.24) is 4.98 Å². The van der Waals surface area contributed by atoms with Crippen molar-refractivity contribution in [3.05, 3.63) is 21.4 Å². The lowest BCUT2D eigenvalue weighted by Gasteiger charge is -2.29. The van der Waals surface area contributed by atoms with E-state index in [-0.39, 0.29) is 18.9 Å². The Morgan fingerprint density at radius 2 is 1.84 bits per heavy atom. The molecule has 0 radical (unpaired) electrons. The predicted octanol–water partition coefficient (Wildman–Crippen LogP) is 4.49. The Hall–Kier alpha value is -0.530. The minimum atomic E-state index is -4.07. The van der Waals surface area contributed by atoms with Crippen LogP contribution in [0.1, 0.15) is 31.4 Å². The fourth-order valence-electron chi connectivity index (χ4n) is 2.34. The average Bonchev–Trinajstić information content (AvgIpc) is 2.26. The maximum Gasteiger partial charge on any atom is 0.391 e. The number of hydrogen-bond acceptors (Lipinski definition) is 2. The molecule has 1 saturated carbocycles. The number of aromatic nitrogens is 1. The van der Waals surface area contributed by atoms with Gasteiger partial charge < -0.3 is 4.74 Å². The summed E-state index contributed by atoms with van der Waals surface area (Å²) in [7, 11) is 0. The maximum absolute atomic E-state index is 12.5. The standard InChI is InChI=1S/C13H15F3INO/c1-8-6-10(17)7-12(18-8)19-11-4-2-9(3-5-11)13(14,15)16/h6-7,9,11H,2-5H2,1H3. The first-order valence-electron chi connectivity index (χ1n) is 6.22. The molecule has 0 atom stereocenters. The Kier molecular flexibility index (Phi) is 4.58. The van der Waals surface area contributed by atoms with Gasteiger partial charge in [0.2, 0.25) is 5.88 Å². The maximum atomic E-state index is 12.5. The second kappa shape index (κ2) is 5.85. The number of ether oxygens (including phenoxy) is 1. The summed E-state index contributed by atoms with van der Waals surface area (Å²) in [5.74, 6) is -0.655. The van der Waals surface area contributed by atoms with Crippen LogP contribution in [0.25, 0.3) is 0 Å². The van der Waals surface area contributed by atoms with Crippen LogP contribution in [0.3, 0.4) is 0 Å². The number of hydrogen-bond donors (Lipinski definition) is 0. The Morgan fingerprint density at radius 3 is 2.37 bits per heavy atom. The smallest absolute Gasteiger partial charge is 0.391 e. The molecule has 1 aliphatic rings. The lowest BCUT2D eigenvalue weighted by molar-refractivity contribution is -0.185. The second-order valence-corrected chi connectivity index (χ2v) is 6.14. The molecule has 0 saturated heterocycles. The first-order valence-corrected chi connectivity index (χ1v) is 7.30. The number of nitrogens with zero attached hydrogens (tertiary/aromatic N) is 1. The van der Waals surface area contributed by atoms with Crippen molar-refractivity contribution in [1.29, 1.82) is 0 Å². The Labute approximate surface area is 123 Å². The highest BCUT2D eigenvalue weighted by Gasteiger charge is 2.41. The van der Waals surface area contributed by atoms with Crippen LogP contribution in [0.4, 0.5) is 13.2 Å². The molecule has 1 aliphatic carbocycles. The van der Waals surface area contributed by atoms with E-state index in [1.807, 2.05) is 19.1 Å². The number of alkyl halides is 3. The molecule has 1 aromatic heterocycles. The molecular weight excluding hydrogens is 370 g/mol. The zero-order valence-electron chi connectivity index (χ0n) is 10.5. The topological polar surface area (TPSA) is 22.1 Å². The zero-order chi connectivity index (χ0) is 14.0. The van der Waals surface area contributed by atoms with Gasteiger partial charge >= 0.3 is 6.18 Å². The molecule has 0 amide bonds. The Balaban J connectivity index is 1.92. The minimum Gasteiger partial charge on any atom is -0.474 e. The number of halogens is 4. The van der Waals surface area contributed by atoms with Crippen LogP contribution < -0.4 is 4.74 Å². The molecule has 1 fully saturated rings. The van der Waals surface area contributed by atoms with Crippen LogP contribution >= 0.6 is 22.6 Å². The fourth-order valence-corrected chi connectivity index (χ4v) is 3.05. The number of aryl methyl sites for hydroxylation is 1. The Morgan fingerprint density at radius 1 is 1.21 bits per heavy atom. The van der Waals surface area contributed by atoms with E-state index in [1.165, 1.54) is 0 Å². The monoisotopic (exact) mass is 385 g/mol. The van der Waals surface area contributed by atoms with Gasteiger partial charge in [-0.05, 0) is 61.3 Å². The number of pyridine rings is 1. The summed E-state index contributed by atoms with van der Waals surface area (Å²) in [6.07, 6.45) is -3.04. The fraction of sp³-hybridized carbons (Fsp3) is 0.615. The van der Waals surface area contributed by atoms with E-state index >= 15 is 0 Å². The van der Waals surface area contributed by atoms with E-state index in [0.717, 1.165) is 9.26 Å². The van der Waals surface area contributed by atoms with Crippen molar-refractivity contribution in [2.45, 2.75) is 44.9 Å². The van der Waals surface area contributed by atoms with Crippen LogP contribution in [-0.4, -0.2) is 17.3 Å². The van der Waals surface area contributed by atoms with Gasteiger partial charge in [0, 0.05) is 15.3 Å². The largest absolute Gasteiger partial charge is 0.474 e. The van der Waals surface area contributed by atoms with Gasteiger partial charge in [-0.2, -0.15) is 13.2 Å². The molecule has 0 aliphatic heterocycles. The summed E-state index contributed by atoms with van der Waals surface area (Å²) >= 11 is 2.17. The van der Waals surface area contributed by atoms with Gasteiger partial charge in [-0.1, -0.05) is 0 Å². The molecule has 2 rings (SSSR count). The second-order valence-electron chi connectivity index (χ2n) is 4.90. The highest BCUT2D eigenvalue weighted by atomic mass is 127. The SMILES string of the molecule is Cc1cc(I)cc(OC2CCC(C(F)(F)F)CC2)n1. The van der Waals surface area contributed by atoms with Crippen molar-refractivity contribution in [3.63, 3.8) is 0 Å². The van der Waals surface area contributed by atoms with E-state index in [0.29, 0.717) is 18.7 Å². The molecule has 106 valence electrons. The highest BCUT2D eigenvalue weighted by Crippen LogP contribution is 2.38. The molecule has 2 nitrogen and oxygen atoms in total. The molecule has 1 aromatic rings. The van der Waals surface area contributed by atoms with Crippen LogP contribution in [0.15, 0.2) is 12.1 Å². The van der Waals surface area contributed by atoms with Crippen molar-refractivity contribution >= 4 is 22.6 Å². The molecule has 6 heteroatoms. The average molecular weight is 385 g/mol. The molecule has 1 heterocycles. The van der Waals surface area contributed by atoms with Crippen molar-refractivity contribution in [2.75, 3.05) is 0 Å². The Bertz CT molecular complexity index is 422. The summed E-state index contributed by atoms with van der Waals surface area (Å²) < 4.78 is 44.4. The van der Waals surface area contributed by atoms with Gasteiger partial charge in [-0.3, -0.25) is 0 Å². The molecule has 0 bridgehead atoms. The third-order valence-electron chi connectivity index (χ3n) is 3.32. The van der Waals surface area contributed by atoms with Crippen molar-refractivity contribution in [2.24, 2.45) is 5.92 Å². The highest BCUT2D eigenvalue weighted by molar-refractivity contribution is 14.1. The van der Waals surface area contributed by atoms with Gasteiger partial charge in [0.25, 0.3) is 0 Å². The van der Waals surface area contributed by atoms with Gasteiger partial charge in [-0.25, -0.2) is 4.98 Å². The van der Waals surface area contributed by atoms with Crippen LogP contribution in [-0.2, 0) is 0 Å². The van der Waals surface area contributed by atoms with E-state index in [9.17, 15) is 13.2 Å². The molecule has 0 N–H and O–H groups in total. The number of rotatable bonds is 2. The molecule has 19 heavy (non-hydrogen) atoms. The third-order valence-corrected chi connectivity index (χ3v) is 3.94. The molecule has 0 unspecified atom stereocenters. The lowest BCUT2D eigenvalue weighted by atomic mass is 9.87. The van der Waals surface area contributed by atoms with E-state index in [2.05, 4.69) is 27.6 Å². The van der Waals surface area contributed by atoms with Gasteiger partial charge in [0.1, 0.15) is 6.10 Å². The van der Waals surface area contributed by atoms with E-state index in [4.69, 9.17) is 4.74 Å². The summed E-state index contributed by atoms with van der Waals surface area (Å²) in [5, 5.41) is 0. The predicted molar refractivity (Wildman–Crippen MR) is 74.1 cm³/mol. The zero-order valence-corrected chi connectivity index (χ0v) is 12.7.